The number of benzene rings is 1. The van der Waals surface area contributed by atoms with E-state index in [1.54, 1.807) is 6.92 Å². The molecule has 0 atom stereocenters. The summed E-state index contributed by atoms with van der Waals surface area (Å²) < 4.78 is 0.872. The number of aryl methyl sites for hydroxylation is 2. The maximum atomic E-state index is 11.3. The largest absolute Gasteiger partial charge is 0.318 e. The lowest BCUT2D eigenvalue weighted by Gasteiger charge is -2.02. The molecular weight excluding hydrogens is 244 g/mol. The van der Waals surface area contributed by atoms with Gasteiger partial charge < -0.3 is 4.98 Å². The summed E-state index contributed by atoms with van der Waals surface area (Å²) in [6.45, 7) is 3.70. The van der Waals surface area contributed by atoms with Crippen LogP contribution in [0.4, 0.5) is 0 Å². The average Bonchev–Trinajstić information content (AvgIpc) is 2.08. The summed E-state index contributed by atoms with van der Waals surface area (Å²) in [7, 11) is 0. The van der Waals surface area contributed by atoms with Gasteiger partial charge in [-0.15, -0.1) is 0 Å². The van der Waals surface area contributed by atoms with Crippen LogP contribution in [-0.4, -0.2) is 9.97 Å². The van der Waals surface area contributed by atoms with Crippen LogP contribution < -0.4 is 5.56 Å². The topological polar surface area (TPSA) is 45.8 Å². The van der Waals surface area contributed by atoms with Crippen molar-refractivity contribution in [1.82, 2.24) is 9.97 Å². The van der Waals surface area contributed by atoms with Gasteiger partial charge in [-0.2, -0.15) is 0 Å². The van der Waals surface area contributed by atoms with Crippen LogP contribution in [-0.2, 0) is 0 Å². The van der Waals surface area contributed by atoms with Crippen molar-refractivity contribution in [2.45, 2.75) is 13.8 Å². The molecule has 3 nitrogen and oxygen atoms in total. The summed E-state index contributed by atoms with van der Waals surface area (Å²) in [4.78, 5) is 18.3. The van der Waals surface area contributed by atoms with Gasteiger partial charge in [-0.05, 0) is 47.5 Å². The lowest BCUT2D eigenvalue weighted by atomic mass is 10.2. The van der Waals surface area contributed by atoms with Gasteiger partial charge in [-0.25, -0.2) is 4.98 Å². The van der Waals surface area contributed by atoms with E-state index in [0.717, 1.165) is 21.1 Å². The Labute approximate surface area is 89.3 Å². The second-order valence-electron chi connectivity index (χ2n) is 3.29. The van der Waals surface area contributed by atoms with Crippen molar-refractivity contribution >= 4 is 27.0 Å². The fourth-order valence-corrected chi connectivity index (χ4v) is 2.03. The highest BCUT2D eigenvalue weighted by Gasteiger charge is 2.04. The second kappa shape index (κ2) is 3.20. The van der Waals surface area contributed by atoms with E-state index in [2.05, 4.69) is 25.9 Å². The third-order valence-corrected chi connectivity index (χ3v) is 2.69. The van der Waals surface area contributed by atoms with E-state index in [-0.39, 0.29) is 5.56 Å². The summed E-state index contributed by atoms with van der Waals surface area (Å²) >= 11 is 3.40. The molecule has 0 spiro atoms. The van der Waals surface area contributed by atoms with Crippen molar-refractivity contribution in [2.75, 3.05) is 0 Å². The van der Waals surface area contributed by atoms with Gasteiger partial charge in [-0.1, -0.05) is 0 Å². The Kier molecular flexibility index (Phi) is 2.15. The van der Waals surface area contributed by atoms with Gasteiger partial charge in [0.05, 0.1) is 11.0 Å². The summed E-state index contributed by atoms with van der Waals surface area (Å²) in [6, 6.07) is 3.90. The minimum atomic E-state index is -0.137. The van der Waals surface area contributed by atoms with E-state index >= 15 is 0 Å². The monoisotopic (exact) mass is 252 g/mol. The van der Waals surface area contributed by atoms with E-state index < -0.39 is 0 Å². The lowest BCUT2D eigenvalue weighted by Crippen LogP contribution is -2.11. The van der Waals surface area contributed by atoms with Gasteiger partial charge in [0.25, 0.3) is 5.56 Å². The van der Waals surface area contributed by atoms with Crippen molar-refractivity contribution in [2.24, 2.45) is 0 Å². The first-order chi connectivity index (χ1) is 6.58. The van der Waals surface area contributed by atoms with E-state index in [1.165, 1.54) is 0 Å². The van der Waals surface area contributed by atoms with Gasteiger partial charge in [0.15, 0.2) is 0 Å². The van der Waals surface area contributed by atoms with E-state index in [4.69, 9.17) is 0 Å². The molecule has 14 heavy (non-hydrogen) atoms. The smallest absolute Gasteiger partial charge is 0.269 e. The van der Waals surface area contributed by atoms with Crippen LogP contribution in [0.2, 0.25) is 0 Å². The molecule has 2 aromatic rings. The summed E-state index contributed by atoms with van der Waals surface area (Å²) in [5.74, 6) is 0. The number of aromatic amines is 1. The van der Waals surface area contributed by atoms with E-state index in [1.807, 2.05) is 19.1 Å². The molecule has 0 saturated heterocycles. The highest BCUT2D eigenvalue weighted by molar-refractivity contribution is 9.10. The van der Waals surface area contributed by atoms with Crippen LogP contribution in [0.5, 0.6) is 0 Å². The molecule has 0 aliphatic rings. The summed E-state index contributed by atoms with van der Waals surface area (Å²) in [5.41, 5.74) is 3.04. The number of aromatic nitrogens is 2. The molecule has 0 bridgehead atoms. The normalized spacial score (nSPS) is 10.8. The van der Waals surface area contributed by atoms with Gasteiger partial charge in [-0.3, -0.25) is 4.79 Å². The molecule has 0 saturated carbocycles. The Hall–Kier alpha value is -1.16. The quantitative estimate of drug-likeness (QED) is 0.782. The van der Waals surface area contributed by atoms with Crippen molar-refractivity contribution in [3.05, 3.63) is 38.2 Å². The lowest BCUT2D eigenvalue weighted by molar-refractivity contribution is 1.12. The Morgan fingerprint density at radius 3 is 2.79 bits per heavy atom. The van der Waals surface area contributed by atoms with Crippen LogP contribution in [0.1, 0.15) is 11.3 Å². The van der Waals surface area contributed by atoms with Crippen LogP contribution in [0.25, 0.3) is 11.0 Å². The molecule has 1 N–H and O–H groups in total. The van der Waals surface area contributed by atoms with Crippen molar-refractivity contribution in [3.63, 3.8) is 0 Å². The summed E-state index contributed by atoms with van der Waals surface area (Å²) in [5, 5.41) is 0. The molecule has 1 aromatic carbocycles. The number of hydrogen-bond donors (Lipinski definition) is 1. The first-order valence-corrected chi connectivity index (χ1v) is 5.04. The molecule has 72 valence electrons. The number of H-pyrrole nitrogens is 1. The van der Waals surface area contributed by atoms with Crippen molar-refractivity contribution < 1.29 is 0 Å². The molecule has 0 aliphatic heterocycles. The van der Waals surface area contributed by atoms with Crippen LogP contribution >= 0.6 is 15.9 Å². The molecule has 0 amide bonds. The Morgan fingerprint density at radius 1 is 1.36 bits per heavy atom. The Morgan fingerprint density at radius 2 is 2.07 bits per heavy atom. The first-order valence-electron chi connectivity index (χ1n) is 4.25. The molecule has 1 aromatic heterocycles. The van der Waals surface area contributed by atoms with Crippen molar-refractivity contribution in [3.8, 4) is 0 Å². The number of halogens is 1. The number of nitrogens with zero attached hydrogens (tertiary/aromatic N) is 1. The van der Waals surface area contributed by atoms with Crippen LogP contribution in [0.15, 0.2) is 21.4 Å². The number of fused-ring (bicyclic) bond motifs is 1. The van der Waals surface area contributed by atoms with Gasteiger partial charge in [0, 0.05) is 4.47 Å². The SMILES string of the molecule is Cc1cc(Br)c2[nH]c(=O)c(C)nc2c1. The zero-order valence-corrected chi connectivity index (χ0v) is 9.47. The molecule has 0 aliphatic carbocycles. The molecule has 2 rings (SSSR count). The Balaban J connectivity index is 2.96. The number of hydrogen-bond acceptors (Lipinski definition) is 2. The van der Waals surface area contributed by atoms with Gasteiger partial charge in [0.1, 0.15) is 5.69 Å². The first kappa shape index (κ1) is 9.40. The van der Waals surface area contributed by atoms with Gasteiger partial charge in [0.2, 0.25) is 0 Å². The van der Waals surface area contributed by atoms with Crippen molar-refractivity contribution in [1.29, 1.82) is 0 Å². The number of nitrogens with one attached hydrogen (secondary N) is 1. The summed E-state index contributed by atoms with van der Waals surface area (Å²) in [6.07, 6.45) is 0. The minimum Gasteiger partial charge on any atom is -0.318 e. The molecule has 1 heterocycles. The highest BCUT2D eigenvalue weighted by Crippen LogP contribution is 2.21. The molecule has 0 unspecified atom stereocenters. The Bertz CT molecular complexity index is 560. The third-order valence-electron chi connectivity index (χ3n) is 2.07. The van der Waals surface area contributed by atoms with Gasteiger partial charge >= 0.3 is 0 Å². The third kappa shape index (κ3) is 1.46. The highest BCUT2D eigenvalue weighted by atomic mass is 79.9. The molecule has 0 fully saturated rings. The minimum absolute atomic E-state index is 0.137. The predicted octanol–water partition coefficient (Wildman–Crippen LogP) is 2.30. The molecular formula is C10H9BrN2O. The number of rotatable bonds is 0. The fourth-order valence-electron chi connectivity index (χ4n) is 1.37. The zero-order valence-electron chi connectivity index (χ0n) is 7.89. The second-order valence-corrected chi connectivity index (χ2v) is 4.15. The van der Waals surface area contributed by atoms with E-state index in [0.29, 0.717) is 5.69 Å². The van der Waals surface area contributed by atoms with E-state index in [9.17, 15) is 4.79 Å². The fraction of sp³-hybridized carbons (Fsp3) is 0.200. The molecule has 0 radical (unpaired) electrons. The van der Waals surface area contributed by atoms with Crippen LogP contribution in [0, 0.1) is 13.8 Å². The predicted molar refractivity (Wildman–Crippen MR) is 59.5 cm³/mol. The standard InChI is InChI=1S/C10H9BrN2O/c1-5-3-7(11)9-8(4-5)12-6(2)10(14)13-9/h3-4H,1-2H3,(H,13,14). The average molecular weight is 253 g/mol. The molecule has 4 heteroatoms. The zero-order chi connectivity index (χ0) is 10.3. The maximum absolute atomic E-state index is 11.3. The maximum Gasteiger partial charge on any atom is 0.269 e. The van der Waals surface area contributed by atoms with Crippen LogP contribution in [0.3, 0.4) is 0 Å².